The molecule has 4 aliphatic rings. The number of rotatable bonds is 0. The molecule has 0 bridgehead atoms. The van der Waals surface area contributed by atoms with E-state index in [9.17, 15) is 10.2 Å². The zero-order valence-electron chi connectivity index (χ0n) is 13.7. The summed E-state index contributed by atoms with van der Waals surface area (Å²) in [5, 5.41) is 20.6. The highest BCUT2D eigenvalue weighted by molar-refractivity contribution is 9.09. The van der Waals surface area contributed by atoms with Crippen molar-refractivity contribution in [1.29, 1.82) is 0 Å². The minimum Gasteiger partial charge on any atom is -0.393 e. The third kappa shape index (κ3) is 1.97. The summed E-state index contributed by atoms with van der Waals surface area (Å²) in [6, 6.07) is 0. The Morgan fingerprint density at radius 2 is 1.82 bits per heavy atom. The van der Waals surface area contributed by atoms with Crippen LogP contribution in [-0.4, -0.2) is 27.2 Å². The van der Waals surface area contributed by atoms with Crippen molar-refractivity contribution in [2.75, 3.05) is 0 Å². The van der Waals surface area contributed by atoms with Gasteiger partial charge in [0.2, 0.25) is 0 Å². The molecule has 4 aliphatic carbocycles. The Morgan fingerprint density at radius 3 is 2.59 bits per heavy atom. The molecule has 2 N–H and O–H groups in total. The van der Waals surface area contributed by atoms with Gasteiger partial charge in [-0.3, -0.25) is 0 Å². The molecule has 0 spiro atoms. The van der Waals surface area contributed by atoms with Gasteiger partial charge in [0.25, 0.3) is 0 Å². The number of aliphatic hydroxyl groups is 2. The first-order valence-corrected chi connectivity index (χ1v) is 9.97. The molecule has 0 radical (unpaired) electrons. The fraction of sp³-hybridized carbons (Fsp3) is 0.895. The smallest absolute Gasteiger partial charge is 0.0724 e. The maximum atomic E-state index is 10.5. The first kappa shape index (κ1) is 15.7. The third-order valence-corrected chi connectivity index (χ3v) is 9.08. The van der Waals surface area contributed by atoms with Crippen molar-refractivity contribution >= 4 is 15.9 Å². The molecule has 4 unspecified atom stereocenters. The van der Waals surface area contributed by atoms with Crippen molar-refractivity contribution in [2.24, 2.45) is 34.5 Å². The van der Waals surface area contributed by atoms with E-state index >= 15 is 0 Å². The summed E-state index contributed by atoms with van der Waals surface area (Å²) in [5.74, 6) is 2.62. The van der Waals surface area contributed by atoms with Crippen LogP contribution >= 0.6 is 15.9 Å². The molecule has 3 fully saturated rings. The Morgan fingerprint density at radius 1 is 1.05 bits per heavy atom. The fourth-order valence-corrected chi connectivity index (χ4v) is 7.87. The molecule has 0 aromatic heterocycles. The molecule has 3 heteroatoms. The minimum absolute atomic E-state index is 0.104. The van der Waals surface area contributed by atoms with Crippen LogP contribution in [-0.2, 0) is 0 Å². The average molecular weight is 369 g/mol. The molecule has 0 aromatic rings. The van der Waals surface area contributed by atoms with Gasteiger partial charge in [0, 0.05) is 4.83 Å². The third-order valence-electron chi connectivity index (χ3n) is 8.09. The topological polar surface area (TPSA) is 40.5 Å². The van der Waals surface area contributed by atoms with Crippen molar-refractivity contribution in [3.63, 3.8) is 0 Å². The van der Waals surface area contributed by atoms with Crippen molar-refractivity contribution in [1.82, 2.24) is 0 Å². The molecule has 3 saturated carbocycles. The van der Waals surface area contributed by atoms with Gasteiger partial charge in [0.1, 0.15) is 0 Å². The van der Waals surface area contributed by atoms with Crippen LogP contribution in [0.3, 0.4) is 0 Å². The highest BCUT2D eigenvalue weighted by atomic mass is 79.9. The first-order chi connectivity index (χ1) is 10.4. The molecule has 0 aliphatic heterocycles. The minimum atomic E-state index is -0.253. The molecule has 124 valence electrons. The van der Waals surface area contributed by atoms with Gasteiger partial charge >= 0.3 is 0 Å². The number of halogens is 1. The van der Waals surface area contributed by atoms with Gasteiger partial charge in [0.15, 0.2) is 0 Å². The van der Waals surface area contributed by atoms with Crippen LogP contribution < -0.4 is 0 Å². The molecular weight excluding hydrogens is 340 g/mol. The molecule has 0 saturated heterocycles. The van der Waals surface area contributed by atoms with Gasteiger partial charge in [-0.1, -0.05) is 41.9 Å². The molecule has 4 rings (SSSR count). The summed E-state index contributed by atoms with van der Waals surface area (Å²) in [6.07, 6.45) is 10.7. The lowest BCUT2D eigenvalue weighted by Gasteiger charge is -2.60. The van der Waals surface area contributed by atoms with Crippen LogP contribution in [0.2, 0.25) is 0 Å². The van der Waals surface area contributed by atoms with Gasteiger partial charge in [-0.15, -0.1) is 0 Å². The largest absolute Gasteiger partial charge is 0.393 e. The van der Waals surface area contributed by atoms with Gasteiger partial charge in [0.05, 0.1) is 12.2 Å². The second-order valence-electron chi connectivity index (χ2n) is 8.90. The SMILES string of the molecule is C[C@]12C=CC(O)CC1CC(Br)[C@@H]1[C@H]2CC[C@]2(C)C(O)CC[C@@H]12. The number of hydrogen-bond donors (Lipinski definition) is 2. The van der Waals surface area contributed by atoms with Crippen molar-refractivity contribution in [3.8, 4) is 0 Å². The van der Waals surface area contributed by atoms with Crippen LogP contribution in [0.1, 0.15) is 52.4 Å². The number of fused-ring (bicyclic) bond motifs is 5. The predicted molar refractivity (Wildman–Crippen MR) is 91.7 cm³/mol. The van der Waals surface area contributed by atoms with E-state index < -0.39 is 0 Å². The lowest BCUT2D eigenvalue weighted by atomic mass is 9.46. The average Bonchev–Trinajstić information content (AvgIpc) is 2.77. The monoisotopic (exact) mass is 368 g/mol. The van der Waals surface area contributed by atoms with Crippen LogP contribution in [0, 0.1) is 34.5 Å². The second-order valence-corrected chi connectivity index (χ2v) is 10.1. The van der Waals surface area contributed by atoms with Crippen molar-refractivity contribution < 1.29 is 10.2 Å². The zero-order chi connectivity index (χ0) is 15.7. The van der Waals surface area contributed by atoms with Crippen molar-refractivity contribution in [3.05, 3.63) is 12.2 Å². The van der Waals surface area contributed by atoms with E-state index in [1.165, 1.54) is 25.7 Å². The summed E-state index contributed by atoms with van der Waals surface area (Å²) in [6.45, 7) is 4.77. The zero-order valence-corrected chi connectivity index (χ0v) is 15.3. The Hall–Kier alpha value is 0.140. The second kappa shape index (κ2) is 5.07. The van der Waals surface area contributed by atoms with Gasteiger partial charge in [-0.2, -0.15) is 0 Å². The maximum Gasteiger partial charge on any atom is 0.0724 e. The summed E-state index contributed by atoms with van der Waals surface area (Å²) in [5.41, 5.74) is 0.372. The molecule has 9 atom stereocenters. The van der Waals surface area contributed by atoms with E-state index in [-0.39, 0.29) is 23.0 Å². The summed E-state index contributed by atoms with van der Waals surface area (Å²) in [7, 11) is 0. The summed E-state index contributed by atoms with van der Waals surface area (Å²) >= 11 is 4.03. The number of allylic oxidation sites excluding steroid dienone is 1. The molecule has 0 heterocycles. The lowest BCUT2D eigenvalue weighted by Crippen LogP contribution is -2.56. The summed E-state index contributed by atoms with van der Waals surface area (Å²) < 4.78 is 0. The Bertz CT molecular complexity index is 492. The standard InChI is InChI=1S/C19H29BrO2/c1-18-7-5-12(21)9-11(18)10-15(20)17-13-3-4-16(22)19(13,2)8-6-14(17)18/h5,7,11-17,21-22H,3-4,6,8-10H2,1-2H3/t11?,12?,13-,14+,15?,16?,17-,18-,19-/m0/s1. The van der Waals surface area contributed by atoms with E-state index in [0.29, 0.717) is 28.5 Å². The Kier molecular flexibility index (Phi) is 3.61. The normalized spacial score (nSPS) is 60.5. The van der Waals surface area contributed by atoms with Crippen LogP contribution in [0.25, 0.3) is 0 Å². The molecule has 22 heavy (non-hydrogen) atoms. The van der Waals surface area contributed by atoms with E-state index in [1.807, 2.05) is 6.08 Å². The van der Waals surface area contributed by atoms with Crippen LogP contribution in [0.4, 0.5) is 0 Å². The predicted octanol–water partition coefficient (Wildman–Crippen LogP) is 3.90. The number of aliphatic hydroxyl groups excluding tert-OH is 2. The number of alkyl halides is 1. The quantitative estimate of drug-likeness (QED) is 0.502. The van der Waals surface area contributed by atoms with E-state index in [2.05, 4.69) is 35.9 Å². The highest BCUT2D eigenvalue weighted by Gasteiger charge is 2.61. The Labute approximate surface area is 142 Å². The fourth-order valence-electron chi connectivity index (χ4n) is 6.68. The number of hydrogen-bond acceptors (Lipinski definition) is 2. The molecular formula is C19H29BrO2. The van der Waals surface area contributed by atoms with Crippen LogP contribution in [0.15, 0.2) is 12.2 Å². The van der Waals surface area contributed by atoms with Gasteiger partial charge in [-0.25, -0.2) is 0 Å². The van der Waals surface area contributed by atoms with Crippen LogP contribution in [0.5, 0.6) is 0 Å². The van der Waals surface area contributed by atoms with E-state index in [0.717, 1.165) is 12.8 Å². The first-order valence-electron chi connectivity index (χ1n) is 9.06. The van der Waals surface area contributed by atoms with Gasteiger partial charge < -0.3 is 10.2 Å². The Balaban J connectivity index is 1.71. The van der Waals surface area contributed by atoms with Gasteiger partial charge in [-0.05, 0) is 73.0 Å². The van der Waals surface area contributed by atoms with E-state index in [4.69, 9.17) is 0 Å². The highest BCUT2D eigenvalue weighted by Crippen LogP contribution is 2.66. The molecule has 2 nitrogen and oxygen atoms in total. The lowest BCUT2D eigenvalue weighted by molar-refractivity contribution is -0.0953. The van der Waals surface area contributed by atoms with Crippen molar-refractivity contribution in [2.45, 2.75) is 69.4 Å². The van der Waals surface area contributed by atoms with E-state index in [1.54, 1.807) is 0 Å². The maximum absolute atomic E-state index is 10.5. The summed E-state index contributed by atoms with van der Waals surface area (Å²) in [4.78, 5) is 0.546. The molecule has 0 amide bonds. The molecule has 0 aromatic carbocycles.